The van der Waals surface area contributed by atoms with Crippen molar-refractivity contribution in [2.75, 3.05) is 0 Å². The summed E-state index contributed by atoms with van der Waals surface area (Å²) in [6.45, 7) is 6.07. The number of rotatable bonds is 3. The second kappa shape index (κ2) is 6.14. The van der Waals surface area contributed by atoms with Gasteiger partial charge < -0.3 is 5.32 Å². The summed E-state index contributed by atoms with van der Waals surface area (Å²) in [6.07, 6.45) is 8.01. The van der Waals surface area contributed by atoms with E-state index in [-0.39, 0.29) is 11.8 Å². The second-order valence-corrected chi connectivity index (χ2v) is 5.20. The maximum Gasteiger partial charge on any atom is 0.222 e. The lowest BCUT2D eigenvalue weighted by atomic mass is 9.92. The Morgan fingerprint density at radius 3 is 2.07 bits per heavy atom. The van der Waals surface area contributed by atoms with E-state index in [1.54, 1.807) is 0 Å². The zero-order chi connectivity index (χ0) is 11.3. The van der Waals surface area contributed by atoms with Crippen molar-refractivity contribution in [3.63, 3.8) is 0 Å². The molecule has 1 aliphatic rings. The Morgan fingerprint density at radius 2 is 1.60 bits per heavy atom. The molecule has 2 heteroatoms. The van der Waals surface area contributed by atoms with Crippen molar-refractivity contribution in [1.82, 2.24) is 5.32 Å². The zero-order valence-corrected chi connectivity index (χ0v) is 10.4. The Bertz CT molecular complexity index is 193. The molecule has 88 valence electrons. The molecule has 1 saturated carbocycles. The van der Waals surface area contributed by atoms with Gasteiger partial charge in [0.15, 0.2) is 0 Å². The molecular formula is C13H25NO. The first-order valence-corrected chi connectivity index (χ1v) is 6.41. The molecule has 1 aliphatic carbocycles. The predicted molar refractivity (Wildman–Crippen MR) is 63.6 cm³/mol. The van der Waals surface area contributed by atoms with E-state index in [0.29, 0.717) is 12.0 Å². The molecule has 0 heterocycles. The molecule has 1 amide bonds. The third kappa shape index (κ3) is 4.23. The van der Waals surface area contributed by atoms with Crippen LogP contribution < -0.4 is 5.32 Å². The van der Waals surface area contributed by atoms with Crippen LogP contribution in [-0.4, -0.2) is 11.9 Å². The lowest BCUT2D eigenvalue weighted by Gasteiger charge is -2.24. The van der Waals surface area contributed by atoms with Gasteiger partial charge in [-0.15, -0.1) is 0 Å². The Labute approximate surface area is 93.8 Å². The van der Waals surface area contributed by atoms with Crippen molar-refractivity contribution >= 4 is 5.91 Å². The van der Waals surface area contributed by atoms with Crippen molar-refractivity contribution in [2.24, 2.45) is 11.8 Å². The minimum Gasteiger partial charge on any atom is -0.353 e. The van der Waals surface area contributed by atoms with Gasteiger partial charge in [0.05, 0.1) is 0 Å². The summed E-state index contributed by atoms with van der Waals surface area (Å²) in [7, 11) is 0. The number of carbonyl (C=O) groups excluding carboxylic acids is 1. The van der Waals surface area contributed by atoms with Crippen molar-refractivity contribution < 1.29 is 4.79 Å². The van der Waals surface area contributed by atoms with E-state index in [2.05, 4.69) is 12.2 Å². The monoisotopic (exact) mass is 211 g/mol. The molecule has 2 nitrogen and oxygen atoms in total. The quantitative estimate of drug-likeness (QED) is 0.714. The maximum atomic E-state index is 11.6. The van der Waals surface area contributed by atoms with Gasteiger partial charge in [-0.2, -0.15) is 0 Å². The number of carbonyl (C=O) groups is 1. The van der Waals surface area contributed by atoms with E-state index in [9.17, 15) is 4.79 Å². The Balaban J connectivity index is 2.37. The Morgan fingerprint density at radius 1 is 1.07 bits per heavy atom. The third-order valence-corrected chi connectivity index (χ3v) is 3.50. The fourth-order valence-electron chi connectivity index (χ4n) is 2.32. The van der Waals surface area contributed by atoms with Gasteiger partial charge in [-0.1, -0.05) is 39.5 Å². The standard InChI is InChI=1S/C13H25NO/c1-10(2)13(15)14-11(3)12-8-6-4-5-7-9-12/h10-12H,4-9H2,1-3H3,(H,14,15)/t11-/m1/s1. The van der Waals surface area contributed by atoms with E-state index in [1.165, 1.54) is 38.5 Å². The van der Waals surface area contributed by atoms with Crippen LogP contribution >= 0.6 is 0 Å². The molecule has 0 unspecified atom stereocenters. The van der Waals surface area contributed by atoms with Crippen LogP contribution in [-0.2, 0) is 4.79 Å². The minimum atomic E-state index is 0.109. The fourth-order valence-corrected chi connectivity index (χ4v) is 2.32. The fraction of sp³-hybridized carbons (Fsp3) is 0.923. The maximum absolute atomic E-state index is 11.6. The van der Waals surface area contributed by atoms with Crippen LogP contribution in [0.25, 0.3) is 0 Å². The van der Waals surface area contributed by atoms with E-state index in [1.807, 2.05) is 13.8 Å². The average Bonchev–Trinajstić information content (AvgIpc) is 2.45. The third-order valence-electron chi connectivity index (χ3n) is 3.50. The van der Waals surface area contributed by atoms with Crippen LogP contribution in [0.4, 0.5) is 0 Å². The highest BCUT2D eigenvalue weighted by Gasteiger charge is 2.21. The minimum absolute atomic E-state index is 0.109. The lowest BCUT2D eigenvalue weighted by Crippen LogP contribution is -2.40. The molecular weight excluding hydrogens is 186 g/mol. The Kier molecular flexibility index (Phi) is 5.13. The summed E-state index contributed by atoms with van der Waals surface area (Å²) in [5, 5.41) is 3.14. The van der Waals surface area contributed by atoms with Gasteiger partial charge in [-0.05, 0) is 25.7 Å². The molecule has 1 atom stereocenters. The number of hydrogen-bond acceptors (Lipinski definition) is 1. The van der Waals surface area contributed by atoms with Gasteiger partial charge >= 0.3 is 0 Å². The summed E-state index contributed by atoms with van der Waals surface area (Å²) in [4.78, 5) is 11.6. The molecule has 0 saturated heterocycles. The molecule has 0 aromatic heterocycles. The molecule has 1 rings (SSSR count). The van der Waals surface area contributed by atoms with Crippen LogP contribution in [0.5, 0.6) is 0 Å². The van der Waals surface area contributed by atoms with Gasteiger partial charge in [0.1, 0.15) is 0 Å². The highest BCUT2D eigenvalue weighted by Crippen LogP contribution is 2.25. The normalized spacial score (nSPS) is 21.1. The summed E-state index contributed by atoms with van der Waals surface area (Å²) < 4.78 is 0. The second-order valence-electron chi connectivity index (χ2n) is 5.20. The van der Waals surface area contributed by atoms with Crippen molar-refractivity contribution in [3.05, 3.63) is 0 Å². The summed E-state index contributed by atoms with van der Waals surface area (Å²) in [5.74, 6) is 1.01. The highest BCUT2D eigenvalue weighted by molar-refractivity contribution is 5.78. The van der Waals surface area contributed by atoms with Crippen LogP contribution in [0.1, 0.15) is 59.3 Å². The van der Waals surface area contributed by atoms with Gasteiger partial charge in [-0.3, -0.25) is 4.79 Å². The first-order valence-electron chi connectivity index (χ1n) is 6.41. The highest BCUT2D eigenvalue weighted by atomic mass is 16.1. The summed E-state index contributed by atoms with van der Waals surface area (Å²) >= 11 is 0. The van der Waals surface area contributed by atoms with E-state index >= 15 is 0 Å². The topological polar surface area (TPSA) is 29.1 Å². The van der Waals surface area contributed by atoms with Crippen molar-refractivity contribution in [1.29, 1.82) is 0 Å². The SMILES string of the molecule is CC(C)C(=O)N[C@H](C)C1CCCCCC1. The van der Waals surface area contributed by atoms with Gasteiger partial charge in [-0.25, -0.2) is 0 Å². The predicted octanol–water partition coefficient (Wildman–Crippen LogP) is 3.12. The number of amides is 1. The molecule has 1 N–H and O–H groups in total. The van der Waals surface area contributed by atoms with Crippen LogP contribution in [0.2, 0.25) is 0 Å². The lowest BCUT2D eigenvalue weighted by molar-refractivity contribution is -0.125. The first-order chi connectivity index (χ1) is 7.11. The Hall–Kier alpha value is -0.530. The first kappa shape index (κ1) is 12.5. The molecule has 0 aromatic rings. The van der Waals surface area contributed by atoms with Crippen LogP contribution in [0.15, 0.2) is 0 Å². The van der Waals surface area contributed by atoms with Gasteiger partial charge in [0, 0.05) is 12.0 Å². The van der Waals surface area contributed by atoms with Gasteiger partial charge in [0.25, 0.3) is 0 Å². The molecule has 0 aliphatic heterocycles. The van der Waals surface area contributed by atoms with E-state index in [4.69, 9.17) is 0 Å². The van der Waals surface area contributed by atoms with Crippen molar-refractivity contribution in [3.8, 4) is 0 Å². The largest absolute Gasteiger partial charge is 0.353 e. The van der Waals surface area contributed by atoms with Crippen molar-refractivity contribution in [2.45, 2.75) is 65.3 Å². The molecule has 0 bridgehead atoms. The molecule has 15 heavy (non-hydrogen) atoms. The molecule has 1 fully saturated rings. The molecule has 0 spiro atoms. The zero-order valence-electron chi connectivity index (χ0n) is 10.4. The summed E-state index contributed by atoms with van der Waals surface area (Å²) in [6, 6.07) is 0.359. The molecule has 0 radical (unpaired) electrons. The average molecular weight is 211 g/mol. The van der Waals surface area contributed by atoms with Crippen LogP contribution in [0.3, 0.4) is 0 Å². The van der Waals surface area contributed by atoms with Crippen LogP contribution in [0, 0.1) is 11.8 Å². The molecule has 0 aromatic carbocycles. The number of nitrogens with one attached hydrogen (secondary N) is 1. The smallest absolute Gasteiger partial charge is 0.222 e. The van der Waals surface area contributed by atoms with E-state index < -0.39 is 0 Å². The van der Waals surface area contributed by atoms with E-state index in [0.717, 1.165) is 0 Å². The number of hydrogen-bond donors (Lipinski definition) is 1. The summed E-state index contributed by atoms with van der Waals surface area (Å²) in [5.41, 5.74) is 0. The van der Waals surface area contributed by atoms with Gasteiger partial charge in [0.2, 0.25) is 5.91 Å².